The predicted molar refractivity (Wildman–Crippen MR) is 262 cm³/mol. The monoisotopic (exact) mass is 801 g/mol. The van der Waals surface area contributed by atoms with Crippen LogP contribution in [-0.2, 0) is 0 Å². The average molecular weight is 802 g/mol. The zero-order valence-corrected chi connectivity index (χ0v) is 34.0. The van der Waals surface area contributed by atoms with E-state index in [1.807, 2.05) is 24.4 Å². The van der Waals surface area contributed by atoms with Gasteiger partial charge >= 0.3 is 0 Å². The number of hydrogen-bond donors (Lipinski definition) is 0. The summed E-state index contributed by atoms with van der Waals surface area (Å²) in [6.45, 7) is 0. The Morgan fingerprint density at radius 2 is 0.841 bits per heavy atom. The summed E-state index contributed by atoms with van der Waals surface area (Å²) in [7, 11) is 0. The first-order chi connectivity index (χ1) is 31.2. The van der Waals surface area contributed by atoms with Crippen molar-refractivity contribution in [3.05, 3.63) is 212 Å². The molecule has 13 rings (SSSR count). The fourth-order valence-corrected chi connectivity index (χ4v) is 9.64. The van der Waals surface area contributed by atoms with Crippen molar-refractivity contribution >= 4 is 76.1 Å². The molecule has 0 bridgehead atoms. The minimum absolute atomic E-state index is 0.799. The number of rotatable bonds is 5. The van der Waals surface area contributed by atoms with Crippen LogP contribution in [-0.4, -0.2) is 15.0 Å². The standard InChI is InChI=1S/C59H35N3O/c1-2-14-36(15-3-1)53-33-39(37-26-27-57-52(31-37)48-22-12-13-25-56(48)63-57)34-54(61-53)41-28-40(51-32-38-16-4-5-17-43(38)44-18-6-7-21-47(44)51)29-42(30-41)55-35-60-58-49-23-10-8-19-45(49)46-20-9-11-24-50(46)59(58)62-55/h1-35H. The van der Waals surface area contributed by atoms with Gasteiger partial charge in [-0.1, -0.05) is 152 Å². The Morgan fingerprint density at radius 3 is 1.60 bits per heavy atom. The van der Waals surface area contributed by atoms with Crippen LogP contribution in [0.25, 0.3) is 132 Å². The first kappa shape index (κ1) is 35.3. The summed E-state index contributed by atoms with van der Waals surface area (Å²) < 4.78 is 6.25. The summed E-state index contributed by atoms with van der Waals surface area (Å²) in [4.78, 5) is 16.1. The van der Waals surface area contributed by atoms with Crippen LogP contribution >= 0.6 is 0 Å². The van der Waals surface area contributed by atoms with Crippen molar-refractivity contribution in [2.24, 2.45) is 0 Å². The Labute approximate surface area is 362 Å². The number of aromatic nitrogens is 3. The van der Waals surface area contributed by atoms with Gasteiger partial charge in [-0.3, -0.25) is 4.98 Å². The largest absolute Gasteiger partial charge is 0.456 e. The number of para-hydroxylation sites is 1. The van der Waals surface area contributed by atoms with Crippen molar-refractivity contribution in [1.29, 1.82) is 0 Å². The van der Waals surface area contributed by atoms with Gasteiger partial charge in [0, 0.05) is 38.2 Å². The van der Waals surface area contributed by atoms with Crippen LogP contribution < -0.4 is 0 Å². The molecule has 13 aromatic rings. The van der Waals surface area contributed by atoms with E-state index in [4.69, 9.17) is 19.4 Å². The molecule has 0 aliphatic heterocycles. The number of nitrogens with zero attached hydrogens (tertiary/aromatic N) is 3. The van der Waals surface area contributed by atoms with Gasteiger partial charge in [-0.15, -0.1) is 0 Å². The predicted octanol–water partition coefficient (Wildman–Crippen LogP) is 15.9. The molecule has 0 aliphatic rings. The Morgan fingerprint density at radius 1 is 0.286 bits per heavy atom. The smallest absolute Gasteiger partial charge is 0.135 e. The third-order valence-corrected chi connectivity index (χ3v) is 12.6. The Kier molecular flexibility index (Phi) is 7.87. The van der Waals surface area contributed by atoms with Crippen LogP contribution in [0.15, 0.2) is 217 Å². The Hall–Kier alpha value is -8.47. The number of hydrogen-bond acceptors (Lipinski definition) is 4. The molecule has 0 unspecified atom stereocenters. The molecule has 0 amide bonds. The van der Waals surface area contributed by atoms with Crippen LogP contribution in [0.1, 0.15) is 0 Å². The van der Waals surface area contributed by atoms with E-state index in [1.54, 1.807) is 0 Å². The van der Waals surface area contributed by atoms with Gasteiger partial charge in [0.15, 0.2) is 0 Å². The summed E-state index contributed by atoms with van der Waals surface area (Å²) in [5.41, 5.74) is 13.5. The number of furan rings is 1. The van der Waals surface area contributed by atoms with E-state index in [0.717, 1.165) is 99.8 Å². The maximum Gasteiger partial charge on any atom is 0.135 e. The molecule has 0 fully saturated rings. The number of benzene rings is 10. The molecule has 3 aromatic heterocycles. The van der Waals surface area contributed by atoms with Crippen LogP contribution in [0.4, 0.5) is 0 Å². The first-order valence-corrected chi connectivity index (χ1v) is 21.3. The molecule has 0 saturated carbocycles. The maximum atomic E-state index is 6.25. The second-order valence-electron chi connectivity index (χ2n) is 16.3. The van der Waals surface area contributed by atoms with Gasteiger partial charge in [0.25, 0.3) is 0 Å². The number of pyridine rings is 1. The van der Waals surface area contributed by atoms with Gasteiger partial charge in [-0.2, -0.15) is 0 Å². The van der Waals surface area contributed by atoms with Crippen LogP contribution in [0, 0.1) is 0 Å². The Balaban J connectivity index is 1.08. The van der Waals surface area contributed by atoms with E-state index in [1.165, 1.54) is 32.3 Å². The molecule has 292 valence electrons. The van der Waals surface area contributed by atoms with Crippen molar-refractivity contribution in [2.75, 3.05) is 0 Å². The van der Waals surface area contributed by atoms with Crippen molar-refractivity contribution in [3.63, 3.8) is 0 Å². The fraction of sp³-hybridized carbons (Fsp3) is 0. The minimum Gasteiger partial charge on any atom is -0.456 e. The maximum absolute atomic E-state index is 6.25. The second kappa shape index (κ2) is 14.1. The van der Waals surface area contributed by atoms with Crippen molar-refractivity contribution < 1.29 is 4.42 Å². The highest BCUT2D eigenvalue weighted by atomic mass is 16.3. The molecule has 10 aromatic carbocycles. The zero-order chi connectivity index (χ0) is 41.4. The molecule has 0 atom stereocenters. The second-order valence-corrected chi connectivity index (χ2v) is 16.3. The van der Waals surface area contributed by atoms with E-state index >= 15 is 0 Å². The fourth-order valence-electron chi connectivity index (χ4n) is 9.64. The van der Waals surface area contributed by atoms with Gasteiger partial charge in [0.1, 0.15) is 11.2 Å². The van der Waals surface area contributed by atoms with Gasteiger partial charge in [-0.05, 0) is 109 Å². The molecule has 0 spiro atoms. The molecule has 0 saturated heterocycles. The van der Waals surface area contributed by atoms with E-state index in [0.29, 0.717) is 0 Å². The van der Waals surface area contributed by atoms with Crippen molar-refractivity contribution in [2.45, 2.75) is 0 Å². The molecule has 0 N–H and O–H groups in total. The summed E-state index contributed by atoms with van der Waals surface area (Å²) in [5, 5.41) is 11.5. The SMILES string of the molecule is c1ccc(-c2cc(-c3ccc4oc5ccccc5c4c3)cc(-c3cc(-c4cnc5c6ccccc6c6ccccc6c5n4)cc(-c4cc5ccccc5c5ccccc45)c3)n2)cc1. The quantitative estimate of drug-likeness (QED) is 0.163. The first-order valence-electron chi connectivity index (χ1n) is 21.3. The highest BCUT2D eigenvalue weighted by Crippen LogP contribution is 2.41. The molecular formula is C59H35N3O. The van der Waals surface area contributed by atoms with Gasteiger partial charge in [0.05, 0.1) is 34.3 Å². The Bertz CT molecular complexity index is 3950. The minimum atomic E-state index is 0.799. The highest BCUT2D eigenvalue weighted by molar-refractivity contribution is 6.23. The molecule has 63 heavy (non-hydrogen) atoms. The lowest BCUT2D eigenvalue weighted by Crippen LogP contribution is -1.95. The van der Waals surface area contributed by atoms with Crippen LogP contribution in [0.2, 0.25) is 0 Å². The summed E-state index contributed by atoms with van der Waals surface area (Å²) in [6.07, 6.45) is 1.94. The average Bonchev–Trinajstić information content (AvgIpc) is 3.74. The van der Waals surface area contributed by atoms with E-state index in [9.17, 15) is 0 Å². The van der Waals surface area contributed by atoms with Gasteiger partial charge in [0.2, 0.25) is 0 Å². The highest BCUT2D eigenvalue weighted by Gasteiger charge is 2.18. The molecule has 4 nitrogen and oxygen atoms in total. The molecule has 4 heteroatoms. The van der Waals surface area contributed by atoms with Crippen molar-refractivity contribution in [3.8, 4) is 56.0 Å². The number of fused-ring (bicyclic) bond motifs is 12. The third-order valence-electron chi connectivity index (χ3n) is 12.6. The zero-order valence-electron chi connectivity index (χ0n) is 34.0. The lowest BCUT2D eigenvalue weighted by Gasteiger charge is -2.16. The van der Waals surface area contributed by atoms with Gasteiger partial charge in [-0.25, -0.2) is 9.97 Å². The van der Waals surface area contributed by atoms with Gasteiger partial charge < -0.3 is 4.42 Å². The summed E-state index contributed by atoms with van der Waals surface area (Å²) in [6, 6.07) is 73.2. The molecule has 0 radical (unpaired) electrons. The van der Waals surface area contributed by atoms with Crippen LogP contribution in [0.3, 0.4) is 0 Å². The van der Waals surface area contributed by atoms with Crippen LogP contribution in [0.5, 0.6) is 0 Å². The third kappa shape index (κ3) is 5.80. The summed E-state index contributed by atoms with van der Waals surface area (Å²) in [5.74, 6) is 0. The lowest BCUT2D eigenvalue weighted by molar-refractivity contribution is 0.669. The van der Waals surface area contributed by atoms with E-state index in [2.05, 4.69) is 188 Å². The normalized spacial score (nSPS) is 11.8. The van der Waals surface area contributed by atoms with E-state index in [-0.39, 0.29) is 0 Å². The lowest BCUT2D eigenvalue weighted by atomic mass is 9.90. The summed E-state index contributed by atoms with van der Waals surface area (Å²) >= 11 is 0. The van der Waals surface area contributed by atoms with Crippen molar-refractivity contribution in [1.82, 2.24) is 15.0 Å². The molecule has 3 heterocycles. The van der Waals surface area contributed by atoms with E-state index < -0.39 is 0 Å². The topological polar surface area (TPSA) is 51.8 Å². The molecular weight excluding hydrogens is 767 g/mol. The molecule has 0 aliphatic carbocycles.